The molecule has 1 aromatic rings. The summed E-state index contributed by atoms with van der Waals surface area (Å²) in [6.45, 7) is 6.30. The van der Waals surface area contributed by atoms with Gasteiger partial charge in [-0.25, -0.2) is 0 Å². The maximum atomic E-state index is 12.1. The SMILES string of the molecule is CN(Cc1ccc(C(=O)NC2CC2)cc1)C(=O)C(C)(C)C. The molecule has 1 aromatic carbocycles. The van der Waals surface area contributed by atoms with E-state index in [1.807, 2.05) is 45.0 Å². The van der Waals surface area contributed by atoms with Crippen LogP contribution in [0.4, 0.5) is 0 Å². The molecule has 114 valence electrons. The van der Waals surface area contributed by atoms with Crippen LogP contribution in [0, 0.1) is 5.41 Å². The van der Waals surface area contributed by atoms with Gasteiger partial charge in [-0.1, -0.05) is 32.9 Å². The first-order chi connectivity index (χ1) is 9.77. The van der Waals surface area contributed by atoms with Crippen molar-refractivity contribution in [2.75, 3.05) is 7.05 Å². The Morgan fingerprint density at radius 3 is 2.24 bits per heavy atom. The summed E-state index contributed by atoms with van der Waals surface area (Å²) in [4.78, 5) is 25.7. The highest BCUT2D eigenvalue weighted by atomic mass is 16.2. The van der Waals surface area contributed by atoms with Crippen LogP contribution < -0.4 is 5.32 Å². The number of hydrogen-bond acceptors (Lipinski definition) is 2. The van der Waals surface area contributed by atoms with Gasteiger partial charge in [0, 0.05) is 30.6 Å². The lowest BCUT2D eigenvalue weighted by molar-refractivity contribution is -0.138. The lowest BCUT2D eigenvalue weighted by atomic mass is 9.95. The molecule has 0 saturated heterocycles. The van der Waals surface area contributed by atoms with Crippen molar-refractivity contribution in [3.63, 3.8) is 0 Å². The van der Waals surface area contributed by atoms with Crippen LogP contribution >= 0.6 is 0 Å². The first-order valence-electron chi connectivity index (χ1n) is 7.43. The molecular weight excluding hydrogens is 264 g/mol. The van der Waals surface area contributed by atoms with Crippen molar-refractivity contribution >= 4 is 11.8 Å². The van der Waals surface area contributed by atoms with Crippen LogP contribution in [-0.4, -0.2) is 29.8 Å². The van der Waals surface area contributed by atoms with Gasteiger partial charge in [-0.2, -0.15) is 0 Å². The Morgan fingerprint density at radius 2 is 1.76 bits per heavy atom. The molecule has 21 heavy (non-hydrogen) atoms. The first-order valence-corrected chi connectivity index (χ1v) is 7.43. The van der Waals surface area contributed by atoms with Crippen LogP contribution in [0.15, 0.2) is 24.3 Å². The molecule has 1 fully saturated rings. The Hall–Kier alpha value is -1.84. The molecule has 0 bridgehead atoms. The summed E-state index contributed by atoms with van der Waals surface area (Å²) in [7, 11) is 1.81. The van der Waals surface area contributed by atoms with Gasteiger partial charge in [-0.3, -0.25) is 9.59 Å². The zero-order valence-corrected chi connectivity index (χ0v) is 13.3. The molecule has 2 rings (SSSR count). The molecule has 1 aliphatic carbocycles. The third-order valence-electron chi connectivity index (χ3n) is 3.54. The van der Waals surface area contributed by atoms with Crippen LogP contribution in [-0.2, 0) is 11.3 Å². The summed E-state index contributed by atoms with van der Waals surface area (Å²) in [5.41, 5.74) is 1.33. The minimum Gasteiger partial charge on any atom is -0.349 e. The predicted octanol–water partition coefficient (Wildman–Crippen LogP) is 2.58. The smallest absolute Gasteiger partial charge is 0.251 e. The number of amides is 2. The van der Waals surface area contributed by atoms with Crippen molar-refractivity contribution < 1.29 is 9.59 Å². The fourth-order valence-electron chi connectivity index (χ4n) is 2.18. The zero-order valence-electron chi connectivity index (χ0n) is 13.3. The predicted molar refractivity (Wildman–Crippen MR) is 82.9 cm³/mol. The average molecular weight is 288 g/mol. The molecule has 2 amide bonds. The van der Waals surface area contributed by atoms with Crippen molar-refractivity contribution in [3.8, 4) is 0 Å². The Labute approximate surface area is 126 Å². The Balaban J connectivity index is 1.95. The monoisotopic (exact) mass is 288 g/mol. The zero-order chi connectivity index (χ0) is 15.6. The van der Waals surface area contributed by atoms with E-state index < -0.39 is 0 Å². The van der Waals surface area contributed by atoms with Crippen LogP contribution in [0.5, 0.6) is 0 Å². The molecule has 0 radical (unpaired) electrons. The van der Waals surface area contributed by atoms with Crippen LogP contribution in [0.2, 0.25) is 0 Å². The van der Waals surface area contributed by atoms with Gasteiger partial charge in [0.1, 0.15) is 0 Å². The second-order valence-corrected chi connectivity index (χ2v) is 6.86. The fourth-order valence-corrected chi connectivity index (χ4v) is 2.18. The van der Waals surface area contributed by atoms with Gasteiger partial charge in [-0.05, 0) is 30.5 Å². The minimum atomic E-state index is -0.376. The number of rotatable bonds is 4. The molecular formula is C17H24N2O2. The molecule has 0 unspecified atom stereocenters. The van der Waals surface area contributed by atoms with Gasteiger partial charge in [-0.15, -0.1) is 0 Å². The number of nitrogens with zero attached hydrogens (tertiary/aromatic N) is 1. The number of hydrogen-bond donors (Lipinski definition) is 1. The van der Waals surface area contributed by atoms with Crippen molar-refractivity contribution in [2.24, 2.45) is 5.41 Å². The van der Waals surface area contributed by atoms with Crippen molar-refractivity contribution in [1.82, 2.24) is 10.2 Å². The number of nitrogens with one attached hydrogen (secondary N) is 1. The summed E-state index contributed by atoms with van der Waals surface area (Å²) in [6, 6.07) is 7.83. The van der Waals surface area contributed by atoms with E-state index >= 15 is 0 Å². The van der Waals surface area contributed by atoms with Gasteiger partial charge in [0.05, 0.1) is 0 Å². The maximum Gasteiger partial charge on any atom is 0.251 e. The second-order valence-electron chi connectivity index (χ2n) is 6.86. The first kappa shape index (κ1) is 15.5. The summed E-state index contributed by atoms with van der Waals surface area (Å²) >= 11 is 0. The third kappa shape index (κ3) is 4.31. The number of benzene rings is 1. The average Bonchev–Trinajstić information content (AvgIpc) is 3.21. The topological polar surface area (TPSA) is 49.4 Å². The molecule has 1 N–H and O–H groups in total. The summed E-state index contributed by atoms with van der Waals surface area (Å²) in [6.07, 6.45) is 2.17. The minimum absolute atomic E-state index is 0.0110. The summed E-state index contributed by atoms with van der Waals surface area (Å²) in [5, 5.41) is 2.97. The van der Waals surface area contributed by atoms with Crippen molar-refractivity contribution in [2.45, 2.75) is 46.2 Å². The third-order valence-corrected chi connectivity index (χ3v) is 3.54. The van der Waals surface area contributed by atoms with Gasteiger partial charge in [0.25, 0.3) is 5.91 Å². The second kappa shape index (κ2) is 5.88. The van der Waals surface area contributed by atoms with E-state index in [-0.39, 0.29) is 17.2 Å². The van der Waals surface area contributed by atoms with E-state index in [1.165, 1.54) is 0 Å². The highest BCUT2D eigenvalue weighted by Gasteiger charge is 2.25. The molecule has 0 heterocycles. The molecule has 4 heteroatoms. The van der Waals surface area contributed by atoms with E-state index in [1.54, 1.807) is 11.9 Å². The van der Waals surface area contributed by atoms with Gasteiger partial charge in [0.2, 0.25) is 5.91 Å². The Bertz CT molecular complexity index is 525. The number of carbonyl (C=O) groups is 2. The Kier molecular flexibility index (Phi) is 4.35. The van der Waals surface area contributed by atoms with Gasteiger partial charge < -0.3 is 10.2 Å². The molecule has 4 nitrogen and oxygen atoms in total. The molecule has 0 aromatic heterocycles. The molecule has 0 atom stereocenters. The molecule has 0 spiro atoms. The van der Waals surface area contributed by atoms with Crippen LogP contribution in [0.25, 0.3) is 0 Å². The molecule has 1 aliphatic rings. The summed E-state index contributed by atoms with van der Waals surface area (Å²) < 4.78 is 0. The lowest BCUT2D eigenvalue weighted by Crippen LogP contribution is -2.36. The Morgan fingerprint density at radius 1 is 1.19 bits per heavy atom. The fraction of sp³-hybridized carbons (Fsp3) is 0.529. The van der Waals surface area contributed by atoms with E-state index in [4.69, 9.17) is 0 Å². The van der Waals surface area contributed by atoms with E-state index in [0.717, 1.165) is 18.4 Å². The van der Waals surface area contributed by atoms with E-state index in [2.05, 4.69) is 5.32 Å². The highest BCUT2D eigenvalue weighted by Crippen LogP contribution is 2.20. The van der Waals surface area contributed by atoms with E-state index in [0.29, 0.717) is 18.2 Å². The van der Waals surface area contributed by atoms with Crippen LogP contribution in [0.3, 0.4) is 0 Å². The van der Waals surface area contributed by atoms with Crippen molar-refractivity contribution in [1.29, 1.82) is 0 Å². The quantitative estimate of drug-likeness (QED) is 0.925. The number of carbonyl (C=O) groups excluding carboxylic acids is 2. The normalized spacial score (nSPS) is 14.7. The molecule has 1 saturated carbocycles. The maximum absolute atomic E-state index is 12.1. The van der Waals surface area contributed by atoms with Gasteiger partial charge >= 0.3 is 0 Å². The van der Waals surface area contributed by atoms with E-state index in [9.17, 15) is 9.59 Å². The van der Waals surface area contributed by atoms with Crippen molar-refractivity contribution in [3.05, 3.63) is 35.4 Å². The lowest BCUT2D eigenvalue weighted by Gasteiger charge is -2.26. The molecule has 0 aliphatic heterocycles. The standard InChI is InChI=1S/C17H24N2O2/c1-17(2,3)16(21)19(4)11-12-5-7-13(8-6-12)15(20)18-14-9-10-14/h5-8,14H,9-11H2,1-4H3,(H,18,20). The largest absolute Gasteiger partial charge is 0.349 e. The summed E-state index contributed by atoms with van der Waals surface area (Å²) in [5.74, 6) is 0.0984. The highest BCUT2D eigenvalue weighted by molar-refractivity contribution is 5.94. The van der Waals surface area contributed by atoms with Crippen LogP contribution in [0.1, 0.15) is 49.5 Å². The van der Waals surface area contributed by atoms with Gasteiger partial charge in [0.15, 0.2) is 0 Å².